The number of thiophene rings is 1. The van der Waals surface area contributed by atoms with E-state index in [4.69, 9.17) is 9.47 Å². The number of aliphatic hydroxyl groups excluding tert-OH is 1. The van der Waals surface area contributed by atoms with Crippen molar-refractivity contribution in [2.75, 3.05) is 7.11 Å². The van der Waals surface area contributed by atoms with Gasteiger partial charge >= 0.3 is 0 Å². The van der Waals surface area contributed by atoms with Crippen LogP contribution in [-0.4, -0.2) is 22.2 Å². The first-order valence-electron chi connectivity index (χ1n) is 8.14. The monoisotopic (exact) mass is 382 g/mol. The number of rotatable bonds is 5. The molecule has 5 nitrogen and oxygen atoms in total. The van der Waals surface area contributed by atoms with Gasteiger partial charge < -0.3 is 14.6 Å². The van der Waals surface area contributed by atoms with E-state index >= 15 is 0 Å². The van der Waals surface area contributed by atoms with Crippen LogP contribution in [0.15, 0.2) is 54.9 Å². The fraction of sp³-hybridized carbons (Fsp3) is 0.100. The van der Waals surface area contributed by atoms with Crippen LogP contribution >= 0.6 is 11.3 Å². The molecule has 0 fully saturated rings. The molecule has 136 valence electrons. The summed E-state index contributed by atoms with van der Waals surface area (Å²) in [5.74, 6) is 1.13. The number of aromatic nitrogens is 2. The highest BCUT2D eigenvalue weighted by Crippen LogP contribution is 2.39. The molecule has 0 aliphatic heterocycles. The molecule has 0 atom stereocenters. The summed E-state index contributed by atoms with van der Waals surface area (Å²) in [4.78, 5) is 9.49. The van der Waals surface area contributed by atoms with E-state index in [1.54, 1.807) is 30.3 Å². The fourth-order valence-electron chi connectivity index (χ4n) is 2.66. The van der Waals surface area contributed by atoms with Crippen molar-refractivity contribution in [2.45, 2.75) is 6.61 Å². The summed E-state index contributed by atoms with van der Waals surface area (Å²) in [6.07, 6.45) is 1.44. The van der Waals surface area contributed by atoms with Crippen molar-refractivity contribution in [3.05, 3.63) is 66.2 Å². The maximum atomic E-state index is 13.2. The Morgan fingerprint density at radius 3 is 2.59 bits per heavy atom. The Balaban J connectivity index is 1.73. The van der Waals surface area contributed by atoms with E-state index < -0.39 is 0 Å². The standard InChI is InChI=1S/C20H15FN2O3S/c1-25-17-8-12(10-24)2-7-16(17)26-20-19-15(22-11-23-20)9-18(27-19)13-3-5-14(21)6-4-13/h2-9,11,24H,10H2,1H3. The molecule has 2 aromatic heterocycles. The highest BCUT2D eigenvalue weighted by Gasteiger charge is 2.14. The zero-order chi connectivity index (χ0) is 18.8. The van der Waals surface area contributed by atoms with E-state index in [2.05, 4.69) is 9.97 Å². The Labute approximate surface area is 158 Å². The lowest BCUT2D eigenvalue weighted by atomic mass is 10.2. The van der Waals surface area contributed by atoms with Gasteiger partial charge in [-0.1, -0.05) is 18.2 Å². The van der Waals surface area contributed by atoms with Gasteiger partial charge in [-0.2, -0.15) is 0 Å². The summed E-state index contributed by atoms with van der Waals surface area (Å²) in [6.45, 7) is -0.0830. The normalized spacial score (nSPS) is 10.9. The quantitative estimate of drug-likeness (QED) is 0.538. The van der Waals surface area contributed by atoms with E-state index in [9.17, 15) is 9.50 Å². The summed E-state index contributed by atoms with van der Waals surface area (Å²) in [5, 5.41) is 9.27. The molecule has 4 rings (SSSR count). The van der Waals surface area contributed by atoms with Crippen molar-refractivity contribution in [1.29, 1.82) is 0 Å². The number of ether oxygens (including phenoxy) is 2. The van der Waals surface area contributed by atoms with Gasteiger partial charge in [0.1, 0.15) is 16.8 Å². The molecule has 2 aromatic carbocycles. The van der Waals surface area contributed by atoms with Gasteiger partial charge in [0.2, 0.25) is 5.88 Å². The van der Waals surface area contributed by atoms with E-state index in [-0.39, 0.29) is 12.4 Å². The Morgan fingerprint density at radius 2 is 1.85 bits per heavy atom. The second kappa shape index (κ2) is 7.30. The number of hydrogen-bond acceptors (Lipinski definition) is 6. The lowest BCUT2D eigenvalue weighted by Gasteiger charge is -2.11. The van der Waals surface area contributed by atoms with Crippen LogP contribution in [-0.2, 0) is 6.61 Å². The van der Waals surface area contributed by atoms with Crippen LogP contribution in [0.1, 0.15) is 5.56 Å². The number of hydrogen-bond donors (Lipinski definition) is 1. The summed E-state index contributed by atoms with van der Waals surface area (Å²) in [5.41, 5.74) is 2.37. The Morgan fingerprint density at radius 1 is 1.04 bits per heavy atom. The van der Waals surface area contributed by atoms with E-state index in [1.807, 2.05) is 6.07 Å². The van der Waals surface area contributed by atoms with Crippen LogP contribution < -0.4 is 9.47 Å². The zero-order valence-corrected chi connectivity index (χ0v) is 15.2. The lowest BCUT2D eigenvalue weighted by Crippen LogP contribution is -1.94. The minimum Gasteiger partial charge on any atom is -0.493 e. The van der Waals surface area contributed by atoms with Crippen LogP contribution in [0.4, 0.5) is 4.39 Å². The highest BCUT2D eigenvalue weighted by molar-refractivity contribution is 7.22. The Kier molecular flexibility index (Phi) is 4.70. The lowest BCUT2D eigenvalue weighted by molar-refractivity contribution is 0.280. The Hall–Kier alpha value is -3.03. The van der Waals surface area contributed by atoms with Crippen molar-refractivity contribution in [3.63, 3.8) is 0 Å². The number of methoxy groups -OCH3 is 1. The predicted octanol–water partition coefficient (Wildman–Crippen LogP) is 4.79. The van der Waals surface area contributed by atoms with Gasteiger partial charge in [-0.3, -0.25) is 0 Å². The third-order valence-corrected chi connectivity index (χ3v) is 5.19. The smallest absolute Gasteiger partial charge is 0.240 e. The third kappa shape index (κ3) is 3.47. The molecule has 0 saturated carbocycles. The predicted molar refractivity (Wildman–Crippen MR) is 102 cm³/mol. The molecule has 0 aliphatic carbocycles. The zero-order valence-electron chi connectivity index (χ0n) is 14.3. The molecule has 1 N–H and O–H groups in total. The number of fused-ring (bicyclic) bond motifs is 1. The second-order valence-electron chi connectivity index (χ2n) is 5.76. The number of halogens is 1. The summed E-state index contributed by atoms with van der Waals surface area (Å²) in [6, 6.07) is 13.4. The molecule has 27 heavy (non-hydrogen) atoms. The third-order valence-electron chi connectivity index (χ3n) is 4.02. The highest BCUT2D eigenvalue weighted by atomic mass is 32.1. The number of benzene rings is 2. The first kappa shape index (κ1) is 17.4. The molecule has 0 spiro atoms. The molecular weight excluding hydrogens is 367 g/mol. The van der Waals surface area contributed by atoms with Crippen molar-refractivity contribution in [1.82, 2.24) is 9.97 Å². The molecule has 0 saturated heterocycles. The molecule has 4 aromatic rings. The first-order chi connectivity index (χ1) is 13.2. The van der Waals surface area contributed by atoms with Crippen LogP contribution in [0.25, 0.3) is 20.7 Å². The van der Waals surface area contributed by atoms with Gasteiger partial charge in [-0.05, 0) is 41.5 Å². The van der Waals surface area contributed by atoms with Crippen LogP contribution in [0.3, 0.4) is 0 Å². The van der Waals surface area contributed by atoms with Gasteiger partial charge in [0.05, 0.1) is 19.2 Å². The maximum absolute atomic E-state index is 13.2. The average molecular weight is 382 g/mol. The molecule has 0 aliphatic rings. The molecule has 0 bridgehead atoms. The van der Waals surface area contributed by atoms with Gasteiger partial charge in [-0.25, -0.2) is 14.4 Å². The van der Waals surface area contributed by atoms with Crippen LogP contribution in [0.2, 0.25) is 0 Å². The Bertz CT molecular complexity index is 1100. The largest absolute Gasteiger partial charge is 0.493 e. The summed E-state index contributed by atoms with van der Waals surface area (Å²) in [7, 11) is 1.54. The van der Waals surface area contributed by atoms with Crippen LogP contribution in [0, 0.1) is 5.82 Å². The summed E-state index contributed by atoms with van der Waals surface area (Å²) < 4.78 is 25.3. The fourth-order valence-corrected chi connectivity index (χ4v) is 3.70. The van der Waals surface area contributed by atoms with Gasteiger partial charge in [-0.15, -0.1) is 11.3 Å². The molecule has 0 amide bonds. The van der Waals surface area contributed by atoms with Crippen molar-refractivity contribution in [2.24, 2.45) is 0 Å². The number of nitrogens with zero attached hydrogens (tertiary/aromatic N) is 2. The first-order valence-corrected chi connectivity index (χ1v) is 8.95. The van der Waals surface area contributed by atoms with Gasteiger partial charge in [0.15, 0.2) is 11.5 Å². The van der Waals surface area contributed by atoms with Crippen molar-refractivity contribution < 1.29 is 19.0 Å². The maximum Gasteiger partial charge on any atom is 0.240 e. The molecular formula is C20H15FN2O3S. The van der Waals surface area contributed by atoms with Crippen molar-refractivity contribution in [3.8, 4) is 27.8 Å². The van der Waals surface area contributed by atoms with E-state index in [0.29, 0.717) is 17.4 Å². The number of aliphatic hydroxyl groups is 1. The molecule has 0 radical (unpaired) electrons. The second-order valence-corrected chi connectivity index (χ2v) is 6.81. The minimum atomic E-state index is -0.276. The topological polar surface area (TPSA) is 64.5 Å². The van der Waals surface area contributed by atoms with E-state index in [1.165, 1.54) is 36.9 Å². The molecule has 7 heteroatoms. The summed E-state index contributed by atoms with van der Waals surface area (Å²) >= 11 is 1.47. The van der Waals surface area contributed by atoms with E-state index in [0.717, 1.165) is 26.2 Å². The van der Waals surface area contributed by atoms with Crippen molar-refractivity contribution >= 4 is 21.6 Å². The van der Waals surface area contributed by atoms with Crippen LogP contribution in [0.5, 0.6) is 17.4 Å². The molecule has 2 heterocycles. The van der Waals surface area contributed by atoms with Gasteiger partial charge in [0.25, 0.3) is 0 Å². The SMILES string of the molecule is COc1cc(CO)ccc1Oc1ncnc2cc(-c3ccc(F)cc3)sc12. The molecule has 0 unspecified atom stereocenters. The minimum absolute atomic E-state index is 0.0830. The average Bonchev–Trinajstić information content (AvgIpc) is 3.14. The van der Waals surface area contributed by atoms with Gasteiger partial charge in [0, 0.05) is 4.88 Å².